The molecule has 1 aliphatic rings. The Kier molecular flexibility index (Phi) is 4.33. The Morgan fingerprint density at radius 2 is 2.18 bits per heavy atom. The van der Waals surface area contributed by atoms with Crippen molar-refractivity contribution in [1.82, 2.24) is 20.4 Å². The van der Waals surface area contributed by atoms with Gasteiger partial charge in [0.1, 0.15) is 0 Å². The Balaban J connectivity index is 2.04. The fraction of sp³-hybridized carbons (Fsp3) is 0.818. The van der Waals surface area contributed by atoms with Gasteiger partial charge in [-0.1, -0.05) is 12.1 Å². The quantitative estimate of drug-likeness (QED) is 0.822. The van der Waals surface area contributed by atoms with Gasteiger partial charge in [0.2, 0.25) is 0 Å². The fourth-order valence-electron chi connectivity index (χ4n) is 2.14. The third kappa shape index (κ3) is 2.95. The van der Waals surface area contributed by atoms with Crippen molar-refractivity contribution < 1.29 is 9.26 Å². The maximum Gasteiger partial charge on any atom is 0.417 e. The van der Waals surface area contributed by atoms with Crippen LogP contribution in [0, 0.1) is 0 Å². The molecule has 0 aromatic carbocycles. The highest BCUT2D eigenvalue weighted by Gasteiger charge is 2.25. The third-order valence-corrected chi connectivity index (χ3v) is 2.97. The zero-order valence-electron chi connectivity index (χ0n) is 10.5. The molecule has 6 nitrogen and oxygen atoms in total. The molecule has 1 aromatic rings. The van der Waals surface area contributed by atoms with E-state index in [4.69, 9.17) is 9.26 Å². The summed E-state index contributed by atoms with van der Waals surface area (Å²) in [5.41, 5.74) is 0. The van der Waals surface area contributed by atoms with Crippen molar-refractivity contribution in [3.8, 4) is 6.08 Å². The lowest BCUT2D eigenvalue weighted by atomic mass is 10.1. The van der Waals surface area contributed by atoms with E-state index in [0.29, 0.717) is 6.61 Å². The summed E-state index contributed by atoms with van der Waals surface area (Å²) in [7, 11) is 0. The summed E-state index contributed by atoms with van der Waals surface area (Å²) in [6.07, 6.45) is 1.25. The maximum atomic E-state index is 5.20. The maximum absolute atomic E-state index is 5.20. The van der Waals surface area contributed by atoms with Crippen molar-refractivity contribution >= 4 is 0 Å². The Morgan fingerprint density at radius 1 is 1.41 bits per heavy atom. The number of nitrogens with zero attached hydrogens (tertiary/aromatic N) is 3. The normalized spacial score (nSPS) is 19.2. The minimum Gasteiger partial charge on any atom is -0.449 e. The Morgan fingerprint density at radius 3 is 2.82 bits per heavy atom. The second-order valence-electron chi connectivity index (χ2n) is 4.06. The van der Waals surface area contributed by atoms with Crippen molar-refractivity contribution in [2.75, 3.05) is 32.8 Å². The van der Waals surface area contributed by atoms with E-state index in [1.54, 1.807) is 0 Å². The lowest BCUT2D eigenvalue weighted by Gasteiger charge is -2.32. The van der Waals surface area contributed by atoms with Crippen molar-refractivity contribution in [1.29, 1.82) is 0 Å². The predicted molar refractivity (Wildman–Crippen MR) is 62.9 cm³/mol. The molecule has 1 N–H and O–H groups in total. The highest BCUT2D eigenvalue weighted by Crippen LogP contribution is 2.23. The molecule has 1 atom stereocenters. The first-order chi connectivity index (χ1) is 8.35. The van der Waals surface area contributed by atoms with Crippen molar-refractivity contribution in [3.63, 3.8) is 0 Å². The number of piperazine rings is 1. The average Bonchev–Trinajstić information content (AvgIpc) is 2.81. The summed E-state index contributed by atoms with van der Waals surface area (Å²) < 4.78 is 10.3. The molecule has 2 heterocycles. The lowest BCUT2D eigenvalue weighted by Crippen LogP contribution is -2.45. The van der Waals surface area contributed by atoms with E-state index in [9.17, 15) is 0 Å². The van der Waals surface area contributed by atoms with Gasteiger partial charge in [0.05, 0.1) is 12.6 Å². The number of aromatic nitrogens is 2. The standard InChI is InChI=1S/C11H20N4O2/c1-3-9(15-7-5-12-6-8-15)10-13-11(16-4-2)17-14-10/h9,12H,3-8H2,1-2H3. The lowest BCUT2D eigenvalue weighted by molar-refractivity contribution is 0.159. The SMILES string of the molecule is CCOc1nc(C(CC)N2CCNCC2)no1. The summed E-state index contributed by atoms with van der Waals surface area (Å²) in [6.45, 7) is 8.68. The highest BCUT2D eigenvalue weighted by atomic mass is 16.6. The van der Waals surface area contributed by atoms with Gasteiger partial charge in [-0.3, -0.25) is 9.42 Å². The molecule has 6 heteroatoms. The Labute approximate surface area is 101 Å². The van der Waals surface area contributed by atoms with E-state index in [0.717, 1.165) is 38.4 Å². The molecule has 0 saturated carbocycles. The molecule has 2 rings (SSSR count). The van der Waals surface area contributed by atoms with Crippen LogP contribution in [-0.4, -0.2) is 47.8 Å². The molecule has 1 saturated heterocycles. The first-order valence-electron chi connectivity index (χ1n) is 6.26. The summed E-state index contributed by atoms with van der Waals surface area (Å²) in [5, 5.41) is 7.35. The minimum absolute atomic E-state index is 0.232. The van der Waals surface area contributed by atoms with Crippen LogP contribution in [0.5, 0.6) is 6.08 Å². The van der Waals surface area contributed by atoms with Gasteiger partial charge >= 0.3 is 6.08 Å². The van der Waals surface area contributed by atoms with Crippen LogP contribution >= 0.6 is 0 Å². The molecule has 17 heavy (non-hydrogen) atoms. The Bertz CT molecular complexity index is 336. The van der Waals surface area contributed by atoms with Crippen molar-refractivity contribution in [2.24, 2.45) is 0 Å². The van der Waals surface area contributed by atoms with Gasteiger partial charge in [-0.15, -0.1) is 0 Å². The van der Waals surface area contributed by atoms with Crippen LogP contribution in [0.4, 0.5) is 0 Å². The van der Waals surface area contributed by atoms with Crippen LogP contribution in [0.15, 0.2) is 4.52 Å². The first kappa shape index (κ1) is 12.3. The van der Waals surface area contributed by atoms with Gasteiger partial charge in [0, 0.05) is 26.2 Å². The van der Waals surface area contributed by atoms with Crippen LogP contribution in [0.3, 0.4) is 0 Å². The molecule has 0 radical (unpaired) electrons. The summed E-state index contributed by atoms with van der Waals surface area (Å²) in [6, 6.07) is 0.232. The Hall–Kier alpha value is -1.14. The second-order valence-corrected chi connectivity index (χ2v) is 4.06. The van der Waals surface area contributed by atoms with E-state index < -0.39 is 0 Å². The molecule has 1 aliphatic heterocycles. The van der Waals surface area contributed by atoms with Crippen LogP contribution in [0.2, 0.25) is 0 Å². The average molecular weight is 240 g/mol. The molecule has 0 amide bonds. The van der Waals surface area contributed by atoms with Gasteiger partial charge in [0.15, 0.2) is 5.82 Å². The van der Waals surface area contributed by atoms with Crippen LogP contribution < -0.4 is 10.1 Å². The van der Waals surface area contributed by atoms with Crippen molar-refractivity contribution in [3.05, 3.63) is 5.82 Å². The monoisotopic (exact) mass is 240 g/mol. The topological polar surface area (TPSA) is 63.4 Å². The zero-order valence-corrected chi connectivity index (χ0v) is 10.5. The van der Waals surface area contributed by atoms with Crippen LogP contribution in [-0.2, 0) is 0 Å². The van der Waals surface area contributed by atoms with Gasteiger partial charge in [0.25, 0.3) is 0 Å². The van der Waals surface area contributed by atoms with E-state index in [2.05, 4.69) is 27.3 Å². The molecule has 0 aliphatic carbocycles. The van der Waals surface area contributed by atoms with E-state index in [-0.39, 0.29) is 12.1 Å². The molecule has 1 unspecified atom stereocenters. The molecule has 0 bridgehead atoms. The number of hydrogen-bond acceptors (Lipinski definition) is 6. The molecular formula is C11H20N4O2. The van der Waals surface area contributed by atoms with Gasteiger partial charge in [-0.25, -0.2) is 0 Å². The van der Waals surface area contributed by atoms with Crippen LogP contribution in [0.1, 0.15) is 32.1 Å². The number of nitrogens with one attached hydrogen (secondary N) is 1. The van der Waals surface area contributed by atoms with Gasteiger partial charge < -0.3 is 10.1 Å². The molecular weight excluding hydrogens is 220 g/mol. The minimum atomic E-state index is 0.232. The summed E-state index contributed by atoms with van der Waals surface area (Å²) >= 11 is 0. The van der Waals surface area contributed by atoms with E-state index >= 15 is 0 Å². The molecule has 96 valence electrons. The first-order valence-corrected chi connectivity index (χ1v) is 6.26. The van der Waals surface area contributed by atoms with E-state index in [1.807, 2.05) is 6.92 Å². The molecule has 0 spiro atoms. The second kappa shape index (κ2) is 5.97. The zero-order chi connectivity index (χ0) is 12.1. The van der Waals surface area contributed by atoms with E-state index in [1.165, 1.54) is 0 Å². The number of rotatable bonds is 5. The summed E-state index contributed by atoms with van der Waals surface area (Å²) in [4.78, 5) is 6.67. The summed E-state index contributed by atoms with van der Waals surface area (Å²) in [5.74, 6) is 0.734. The van der Waals surface area contributed by atoms with Gasteiger partial charge in [-0.2, -0.15) is 4.98 Å². The van der Waals surface area contributed by atoms with Crippen molar-refractivity contribution in [2.45, 2.75) is 26.3 Å². The smallest absolute Gasteiger partial charge is 0.417 e. The number of ether oxygens (including phenoxy) is 1. The highest BCUT2D eigenvalue weighted by molar-refractivity contribution is 4.98. The number of hydrogen-bond donors (Lipinski definition) is 1. The predicted octanol–water partition coefficient (Wildman–Crippen LogP) is 0.825. The molecule has 1 aromatic heterocycles. The largest absolute Gasteiger partial charge is 0.449 e. The van der Waals surface area contributed by atoms with Crippen LogP contribution in [0.25, 0.3) is 0 Å². The molecule has 1 fully saturated rings. The fourth-order valence-corrected chi connectivity index (χ4v) is 2.14. The van der Waals surface area contributed by atoms with Gasteiger partial charge in [-0.05, 0) is 13.3 Å². The third-order valence-electron chi connectivity index (χ3n) is 2.97.